The summed E-state index contributed by atoms with van der Waals surface area (Å²) < 4.78 is 6.32. The average molecular weight is 225 g/mol. The van der Waals surface area contributed by atoms with Crippen LogP contribution in [-0.2, 0) is 4.74 Å². The lowest BCUT2D eigenvalue weighted by Crippen LogP contribution is -2.59. The first-order valence-electron chi connectivity index (χ1n) is 6.88. The van der Waals surface area contributed by atoms with Crippen molar-refractivity contribution in [2.45, 2.75) is 71.1 Å². The van der Waals surface area contributed by atoms with Gasteiger partial charge in [0.25, 0.3) is 0 Å². The molecule has 2 heteroatoms. The van der Waals surface area contributed by atoms with Gasteiger partial charge in [-0.25, -0.2) is 0 Å². The minimum Gasteiger partial charge on any atom is -0.355 e. The molecule has 0 atom stereocenters. The van der Waals surface area contributed by atoms with Crippen LogP contribution < -0.4 is 5.32 Å². The third-order valence-electron chi connectivity index (χ3n) is 4.43. The van der Waals surface area contributed by atoms with Gasteiger partial charge in [0.1, 0.15) is 5.72 Å². The van der Waals surface area contributed by atoms with Crippen molar-refractivity contribution in [3.63, 3.8) is 0 Å². The van der Waals surface area contributed by atoms with Gasteiger partial charge in [-0.05, 0) is 57.8 Å². The predicted octanol–water partition coefficient (Wildman–Crippen LogP) is 3.32. The minimum absolute atomic E-state index is 0.00708. The molecule has 0 aromatic heterocycles. The van der Waals surface area contributed by atoms with Crippen LogP contribution in [-0.4, -0.2) is 17.9 Å². The minimum atomic E-state index is 0.00708. The summed E-state index contributed by atoms with van der Waals surface area (Å²) in [5, 5.41) is 3.63. The fourth-order valence-electron chi connectivity index (χ4n) is 3.26. The highest BCUT2D eigenvalue weighted by molar-refractivity contribution is 4.92. The van der Waals surface area contributed by atoms with E-state index in [9.17, 15) is 0 Å². The molecule has 1 saturated carbocycles. The van der Waals surface area contributed by atoms with Crippen LogP contribution in [0.25, 0.3) is 0 Å². The fourth-order valence-corrected chi connectivity index (χ4v) is 3.26. The zero-order valence-electron chi connectivity index (χ0n) is 11.3. The van der Waals surface area contributed by atoms with Crippen LogP contribution in [0, 0.1) is 11.8 Å². The highest BCUT2D eigenvalue weighted by Gasteiger charge is 2.43. The Balaban J connectivity index is 1.96. The van der Waals surface area contributed by atoms with Crippen LogP contribution in [0.1, 0.15) is 59.8 Å². The van der Waals surface area contributed by atoms with Crippen molar-refractivity contribution in [1.82, 2.24) is 5.32 Å². The Kier molecular flexibility index (Phi) is 3.33. The highest BCUT2D eigenvalue weighted by Crippen LogP contribution is 2.40. The van der Waals surface area contributed by atoms with E-state index in [1.165, 1.54) is 25.7 Å². The summed E-state index contributed by atoms with van der Waals surface area (Å²) in [5.41, 5.74) is 0.0725. The van der Waals surface area contributed by atoms with Gasteiger partial charge >= 0.3 is 0 Å². The molecule has 0 aromatic carbocycles. The lowest BCUT2D eigenvalue weighted by atomic mass is 9.77. The van der Waals surface area contributed by atoms with E-state index in [0.717, 1.165) is 24.8 Å². The van der Waals surface area contributed by atoms with Crippen molar-refractivity contribution in [1.29, 1.82) is 0 Å². The molecule has 0 amide bonds. The Hall–Kier alpha value is -0.0800. The highest BCUT2D eigenvalue weighted by atomic mass is 16.5. The van der Waals surface area contributed by atoms with Gasteiger partial charge in [-0.1, -0.05) is 13.8 Å². The molecule has 1 aliphatic heterocycles. The second kappa shape index (κ2) is 4.30. The van der Waals surface area contributed by atoms with Crippen molar-refractivity contribution in [3.8, 4) is 0 Å². The van der Waals surface area contributed by atoms with Gasteiger partial charge < -0.3 is 4.74 Å². The zero-order valence-corrected chi connectivity index (χ0v) is 11.3. The molecule has 16 heavy (non-hydrogen) atoms. The molecule has 0 unspecified atom stereocenters. The van der Waals surface area contributed by atoms with Crippen LogP contribution in [0.15, 0.2) is 0 Å². The van der Waals surface area contributed by atoms with Crippen molar-refractivity contribution in [2.24, 2.45) is 11.8 Å². The summed E-state index contributed by atoms with van der Waals surface area (Å²) >= 11 is 0. The zero-order chi connectivity index (χ0) is 11.8. The molecule has 1 heterocycles. The molecular formula is C14H27NO. The lowest BCUT2D eigenvalue weighted by molar-refractivity contribution is -0.203. The third kappa shape index (κ3) is 2.60. The number of hydrogen-bond donors (Lipinski definition) is 1. The van der Waals surface area contributed by atoms with Crippen LogP contribution in [0.3, 0.4) is 0 Å². The summed E-state index contributed by atoms with van der Waals surface area (Å²) in [6.07, 6.45) is 6.16. The van der Waals surface area contributed by atoms with Gasteiger partial charge in [0, 0.05) is 6.54 Å². The maximum absolute atomic E-state index is 6.32. The Labute approximate surface area is 100 Å². The van der Waals surface area contributed by atoms with Gasteiger partial charge in [-0.3, -0.25) is 5.32 Å². The average Bonchev–Trinajstić information content (AvgIpc) is 2.16. The number of hydrogen-bond acceptors (Lipinski definition) is 2. The molecule has 2 nitrogen and oxygen atoms in total. The maximum atomic E-state index is 6.32. The van der Waals surface area contributed by atoms with Crippen molar-refractivity contribution < 1.29 is 4.74 Å². The first-order chi connectivity index (χ1) is 7.43. The third-order valence-corrected chi connectivity index (χ3v) is 4.43. The molecule has 0 aromatic rings. The predicted molar refractivity (Wildman–Crippen MR) is 67.3 cm³/mol. The molecule has 2 fully saturated rings. The Morgan fingerprint density at radius 3 is 2.25 bits per heavy atom. The topological polar surface area (TPSA) is 21.3 Å². The molecule has 0 radical (unpaired) electrons. The van der Waals surface area contributed by atoms with E-state index in [4.69, 9.17) is 4.74 Å². The van der Waals surface area contributed by atoms with E-state index >= 15 is 0 Å². The van der Waals surface area contributed by atoms with Gasteiger partial charge in [-0.15, -0.1) is 0 Å². The van der Waals surface area contributed by atoms with E-state index in [2.05, 4.69) is 33.0 Å². The fraction of sp³-hybridized carbons (Fsp3) is 1.00. The van der Waals surface area contributed by atoms with Crippen molar-refractivity contribution in [3.05, 3.63) is 0 Å². The largest absolute Gasteiger partial charge is 0.355 e. The SMILES string of the molecule is CC(C)C1CCC2(CC1)NCCC(C)(C)O2. The summed E-state index contributed by atoms with van der Waals surface area (Å²) in [6.45, 7) is 10.3. The van der Waals surface area contributed by atoms with E-state index < -0.39 is 0 Å². The molecule has 94 valence electrons. The summed E-state index contributed by atoms with van der Waals surface area (Å²) in [4.78, 5) is 0. The van der Waals surface area contributed by atoms with Crippen LogP contribution >= 0.6 is 0 Å². The Morgan fingerprint density at radius 2 is 1.75 bits per heavy atom. The normalized spacial score (nSPS) is 39.2. The smallest absolute Gasteiger partial charge is 0.119 e. The second-order valence-electron chi connectivity index (χ2n) is 6.61. The molecule has 1 saturated heterocycles. The summed E-state index contributed by atoms with van der Waals surface area (Å²) in [7, 11) is 0. The maximum Gasteiger partial charge on any atom is 0.119 e. The van der Waals surface area contributed by atoms with Crippen LogP contribution in [0.2, 0.25) is 0 Å². The summed E-state index contributed by atoms with van der Waals surface area (Å²) in [6, 6.07) is 0. The van der Waals surface area contributed by atoms with E-state index in [1.54, 1.807) is 0 Å². The molecule has 0 bridgehead atoms. The van der Waals surface area contributed by atoms with Crippen molar-refractivity contribution in [2.75, 3.05) is 6.54 Å². The molecule has 1 spiro atoms. The van der Waals surface area contributed by atoms with Gasteiger partial charge in [0.15, 0.2) is 0 Å². The van der Waals surface area contributed by atoms with Gasteiger partial charge in [-0.2, -0.15) is 0 Å². The van der Waals surface area contributed by atoms with E-state index in [0.29, 0.717) is 0 Å². The first-order valence-corrected chi connectivity index (χ1v) is 6.88. The van der Waals surface area contributed by atoms with E-state index in [1.807, 2.05) is 0 Å². The van der Waals surface area contributed by atoms with Crippen LogP contribution in [0.5, 0.6) is 0 Å². The first kappa shape index (κ1) is 12.4. The summed E-state index contributed by atoms with van der Waals surface area (Å²) in [5.74, 6) is 1.73. The second-order valence-corrected chi connectivity index (χ2v) is 6.61. The Morgan fingerprint density at radius 1 is 1.12 bits per heavy atom. The molecule has 2 aliphatic rings. The molecular weight excluding hydrogens is 198 g/mol. The standard InChI is InChI=1S/C14H27NO/c1-11(2)12-5-7-14(8-6-12)15-10-9-13(3,4)16-14/h11-12,15H,5-10H2,1-4H3. The number of nitrogens with one attached hydrogen (secondary N) is 1. The number of rotatable bonds is 1. The Bertz CT molecular complexity index is 239. The molecule has 1 N–H and O–H groups in total. The molecule has 2 rings (SSSR count). The number of ether oxygens (including phenoxy) is 1. The van der Waals surface area contributed by atoms with Gasteiger partial charge in [0.2, 0.25) is 0 Å². The van der Waals surface area contributed by atoms with E-state index in [-0.39, 0.29) is 11.3 Å². The molecule has 1 aliphatic carbocycles. The van der Waals surface area contributed by atoms with Gasteiger partial charge in [0.05, 0.1) is 5.60 Å². The van der Waals surface area contributed by atoms with Crippen molar-refractivity contribution >= 4 is 0 Å². The quantitative estimate of drug-likeness (QED) is 0.739. The van der Waals surface area contributed by atoms with Crippen LogP contribution in [0.4, 0.5) is 0 Å². The monoisotopic (exact) mass is 225 g/mol. The lowest BCUT2D eigenvalue weighted by Gasteiger charge is -2.49.